The molecule has 0 rings (SSSR count). The van der Waals surface area contributed by atoms with Gasteiger partial charge in [0, 0.05) is 0 Å². The monoisotopic (exact) mass is 214 g/mol. The molecule has 0 bridgehead atoms. The zero-order chi connectivity index (χ0) is 10.6. The van der Waals surface area contributed by atoms with Crippen molar-refractivity contribution < 1.29 is 30.3 Å². The number of alkyl halides is 1. The van der Waals surface area contributed by atoms with Crippen LogP contribution >= 0.6 is 11.6 Å². The van der Waals surface area contributed by atoms with Crippen LogP contribution in [-0.2, 0) is 4.79 Å². The van der Waals surface area contributed by atoms with E-state index in [-0.39, 0.29) is 6.29 Å². The van der Waals surface area contributed by atoms with Crippen molar-refractivity contribution in [3.05, 3.63) is 0 Å². The van der Waals surface area contributed by atoms with Crippen molar-refractivity contribution in [2.75, 3.05) is 0 Å². The van der Waals surface area contributed by atoms with E-state index in [1.165, 1.54) is 0 Å². The van der Waals surface area contributed by atoms with E-state index < -0.39 is 30.0 Å². The van der Waals surface area contributed by atoms with E-state index in [2.05, 4.69) is 0 Å². The second kappa shape index (κ2) is 5.48. The minimum Gasteiger partial charge on any atom is -0.387 e. The van der Waals surface area contributed by atoms with E-state index in [0.717, 1.165) is 0 Å². The molecule has 0 aromatic carbocycles. The van der Waals surface area contributed by atoms with Gasteiger partial charge in [0.2, 0.25) is 0 Å². The van der Waals surface area contributed by atoms with Crippen LogP contribution in [0.15, 0.2) is 0 Å². The normalized spacial score (nSPS) is 22.9. The van der Waals surface area contributed by atoms with Gasteiger partial charge in [0.05, 0.1) is 0 Å². The molecule has 0 spiro atoms. The summed E-state index contributed by atoms with van der Waals surface area (Å²) in [5.74, 6) is 0. The lowest BCUT2D eigenvalue weighted by molar-refractivity contribution is -0.138. The second-order valence-electron chi connectivity index (χ2n) is 2.47. The van der Waals surface area contributed by atoms with E-state index >= 15 is 0 Å². The lowest BCUT2D eigenvalue weighted by atomic mass is 10.0. The van der Waals surface area contributed by atoms with E-state index in [9.17, 15) is 4.79 Å². The maximum absolute atomic E-state index is 9.94. The summed E-state index contributed by atoms with van der Waals surface area (Å²) < 4.78 is 0. The maximum atomic E-state index is 9.94. The first-order valence-corrected chi connectivity index (χ1v) is 3.85. The summed E-state index contributed by atoms with van der Waals surface area (Å²) in [7, 11) is 0. The highest BCUT2D eigenvalue weighted by Gasteiger charge is 2.33. The van der Waals surface area contributed by atoms with Gasteiger partial charge in [-0.2, -0.15) is 0 Å². The Morgan fingerprint density at radius 3 is 1.69 bits per heavy atom. The Morgan fingerprint density at radius 1 is 0.923 bits per heavy atom. The molecule has 0 amide bonds. The number of carbonyl (C=O) groups excluding carboxylic acids is 1. The van der Waals surface area contributed by atoms with Crippen LogP contribution in [0.25, 0.3) is 0 Å². The molecule has 0 aliphatic heterocycles. The van der Waals surface area contributed by atoms with Gasteiger partial charge in [0.1, 0.15) is 24.4 Å². The molecule has 0 aliphatic rings. The van der Waals surface area contributed by atoms with Crippen LogP contribution < -0.4 is 0 Å². The third-order valence-corrected chi connectivity index (χ3v) is 1.73. The SMILES string of the molecule is O=C[C@H](O)[C@@H](O)[C@@H](O)[C@H](O)C(O)Cl. The van der Waals surface area contributed by atoms with Gasteiger partial charge in [0.15, 0.2) is 11.8 Å². The lowest BCUT2D eigenvalue weighted by Gasteiger charge is -2.24. The summed E-state index contributed by atoms with van der Waals surface area (Å²) in [5, 5.41) is 44.1. The van der Waals surface area contributed by atoms with Crippen molar-refractivity contribution >= 4 is 17.9 Å². The Bertz CT molecular complexity index is 163. The fraction of sp³-hybridized carbons (Fsp3) is 0.833. The Hall–Kier alpha value is -0.240. The van der Waals surface area contributed by atoms with Crippen molar-refractivity contribution in [3.8, 4) is 0 Å². The Morgan fingerprint density at radius 2 is 1.38 bits per heavy atom. The van der Waals surface area contributed by atoms with Crippen molar-refractivity contribution in [1.82, 2.24) is 0 Å². The molecule has 0 radical (unpaired) electrons. The number of hydrogen-bond acceptors (Lipinski definition) is 6. The van der Waals surface area contributed by atoms with Gasteiger partial charge >= 0.3 is 0 Å². The first-order valence-electron chi connectivity index (χ1n) is 3.41. The summed E-state index contributed by atoms with van der Waals surface area (Å²) in [6.45, 7) is 0. The molecule has 0 saturated heterocycles. The zero-order valence-electron chi connectivity index (χ0n) is 6.49. The summed E-state index contributed by atoms with van der Waals surface area (Å²) in [6.07, 6.45) is -7.47. The topological polar surface area (TPSA) is 118 Å². The number of carbonyl (C=O) groups is 1. The van der Waals surface area contributed by atoms with Crippen molar-refractivity contribution in [2.24, 2.45) is 0 Å². The molecule has 0 aromatic rings. The van der Waals surface area contributed by atoms with Crippen LogP contribution in [0.4, 0.5) is 0 Å². The molecular formula is C6H11ClO6. The van der Waals surface area contributed by atoms with Gasteiger partial charge < -0.3 is 30.3 Å². The quantitative estimate of drug-likeness (QED) is 0.249. The van der Waals surface area contributed by atoms with E-state index in [1.807, 2.05) is 0 Å². The zero-order valence-corrected chi connectivity index (χ0v) is 7.24. The lowest BCUT2D eigenvalue weighted by Crippen LogP contribution is -2.48. The number of aliphatic hydroxyl groups is 5. The van der Waals surface area contributed by atoms with Crippen molar-refractivity contribution in [2.45, 2.75) is 30.0 Å². The molecule has 0 heterocycles. The van der Waals surface area contributed by atoms with Crippen molar-refractivity contribution in [1.29, 1.82) is 0 Å². The summed E-state index contributed by atoms with van der Waals surface area (Å²) in [6, 6.07) is 0. The molecule has 5 N–H and O–H groups in total. The number of hydrogen-bond donors (Lipinski definition) is 5. The summed E-state index contributed by atoms with van der Waals surface area (Å²) in [5.41, 5.74) is -1.79. The van der Waals surface area contributed by atoms with Gasteiger partial charge in [-0.25, -0.2) is 0 Å². The average Bonchev–Trinajstić information content (AvgIpc) is 2.12. The maximum Gasteiger partial charge on any atom is 0.156 e. The number of aliphatic hydroxyl groups excluding tert-OH is 5. The highest BCUT2D eigenvalue weighted by Crippen LogP contribution is 2.09. The third-order valence-electron chi connectivity index (χ3n) is 1.47. The minimum atomic E-state index is -1.90. The van der Waals surface area contributed by atoms with Gasteiger partial charge in [-0.15, -0.1) is 0 Å². The van der Waals surface area contributed by atoms with E-state index in [0.29, 0.717) is 0 Å². The molecule has 0 aromatic heterocycles. The highest BCUT2D eigenvalue weighted by atomic mass is 35.5. The molecule has 0 aliphatic carbocycles. The molecule has 13 heavy (non-hydrogen) atoms. The van der Waals surface area contributed by atoms with Crippen LogP contribution in [-0.4, -0.2) is 61.8 Å². The van der Waals surface area contributed by atoms with Crippen LogP contribution in [0.5, 0.6) is 0 Å². The molecule has 0 fully saturated rings. The van der Waals surface area contributed by atoms with Crippen LogP contribution in [0, 0.1) is 0 Å². The third kappa shape index (κ3) is 3.55. The van der Waals surface area contributed by atoms with Gasteiger partial charge in [-0.1, -0.05) is 11.6 Å². The highest BCUT2D eigenvalue weighted by molar-refractivity contribution is 6.19. The van der Waals surface area contributed by atoms with Gasteiger partial charge in [-0.3, -0.25) is 0 Å². The Kier molecular flexibility index (Phi) is 5.38. The summed E-state index contributed by atoms with van der Waals surface area (Å²) >= 11 is 4.98. The molecule has 6 nitrogen and oxygen atoms in total. The first-order chi connectivity index (χ1) is 5.91. The molecule has 7 heteroatoms. The van der Waals surface area contributed by atoms with Gasteiger partial charge in [0.25, 0.3) is 0 Å². The molecule has 0 saturated carbocycles. The van der Waals surface area contributed by atoms with Crippen LogP contribution in [0.1, 0.15) is 0 Å². The molecule has 5 atom stereocenters. The minimum absolute atomic E-state index is 0.0127. The predicted molar refractivity (Wildman–Crippen MR) is 42.0 cm³/mol. The van der Waals surface area contributed by atoms with E-state index in [4.69, 9.17) is 37.1 Å². The fourth-order valence-corrected chi connectivity index (χ4v) is 0.796. The number of aldehydes is 1. The summed E-state index contributed by atoms with van der Waals surface area (Å²) in [4.78, 5) is 9.94. The predicted octanol–water partition coefficient (Wildman–Crippen LogP) is -2.81. The standard InChI is InChI=1S/C6H11ClO6/c7-6(13)5(12)4(11)3(10)2(9)1-8/h1-6,9-13H/t2-,3+,4+,5-,6?/m0/s1. The largest absolute Gasteiger partial charge is 0.387 e. The van der Waals surface area contributed by atoms with E-state index in [1.54, 1.807) is 0 Å². The van der Waals surface area contributed by atoms with Crippen LogP contribution in [0.2, 0.25) is 0 Å². The fourth-order valence-electron chi connectivity index (χ4n) is 0.647. The number of rotatable bonds is 5. The molecule has 1 unspecified atom stereocenters. The smallest absolute Gasteiger partial charge is 0.156 e. The molecular weight excluding hydrogens is 204 g/mol. The van der Waals surface area contributed by atoms with Crippen LogP contribution in [0.3, 0.4) is 0 Å². The van der Waals surface area contributed by atoms with Gasteiger partial charge in [-0.05, 0) is 0 Å². The second-order valence-corrected chi connectivity index (χ2v) is 2.92. The Balaban J connectivity index is 4.23. The average molecular weight is 215 g/mol. The first kappa shape index (κ1) is 12.8. The molecule has 78 valence electrons. The Labute approximate surface area is 79.0 Å². The van der Waals surface area contributed by atoms with Crippen molar-refractivity contribution in [3.63, 3.8) is 0 Å². The number of halogens is 1.